The Labute approximate surface area is 187 Å². The van der Waals surface area contributed by atoms with Crippen molar-refractivity contribution in [2.75, 3.05) is 0 Å². The van der Waals surface area contributed by atoms with Gasteiger partial charge >= 0.3 is 0 Å². The van der Waals surface area contributed by atoms with E-state index in [1.807, 2.05) is 77.7 Å². The van der Waals surface area contributed by atoms with Crippen molar-refractivity contribution in [1.82, 2.24) is 29.7 Å². The van der Waals surface area contributed by atoms with Crippen LogP contribution in [0.4, 0.5) is 0 Å². The molecule has 5 rings (SSSR count). The molecule has 1 aromatic carbocycles. The standard InChI is InChI=1S/C22H19ClN6OS/c1-13-16-11-18(31-22(16)29(27-13)12-15-7-3-4-8-17(15)23)21(30)24-14(2)20-26-25-19-9-5-6-10-28(19)20/h3-11,14H,12H2,1-2H3,(H,24,30)/t14-/m0/s1. The van der Waals surface area contributed by atoms with Crippen molar-refractivity contribution in [1.29, 1.82) is 0 Å². The molecule has 0 saturated heterocycles. The van der Waals surface area contributed by atoms with Gasteiger partial charge in [0.2, 0.25) is 0 Å². The maximum absolute atomic E-state index is 13.0. The Morgan fingerprint density at radius 1 is 1.19 bits per heavy atom. The van der Waals surface area contributed by atoms with E-state index < -0.39 is 0 Å². The van der Waals surface area contributed by atoms with Gasteiger partial charge in [0, 0.05) is 16.6 Å². The number of nitrogens with one attached hydrogen (secondary N) is 1. The summed E-state index contributed by atoms with van der Waals surface area (Å²) in [4.78, 5) is 14.6. The number of fused-ring (bicyclic) bond motifs is 2. The van der Waals surface area contributed by atoms with Crippen LogP contribution >= 0.6 is 22.9 Å². The van der Waals surface area contributed by atoms with Crippen LogP contribution in [0.3, 0.4) is 0 Å². The van der Waals surface area contributed by atoms with Crippen LogP contribution in [-0.4, -0.2) is 30.3 Å². The van der Waals surface area contributed by atoms with Gasteiger partial charge in [0.25, 0.3) is 5.91 Å². The molecule has 4 heterocycles. The molecule has 4 aromatic heterocycles. The molecule has 1 atom stereocenters. The lowest BCUT2D eigenvalue weighted by molar-refractivity contribution is 0.0942. The molecule has 0 fully saturated rings. The third-order valence-electron chi connectivity index (χ3n) is 5.18. The molecule has 5 aromatic rings. The predicted molar refractivity (Wildman–Crippen MR) is 122 cm³/mol. The van der Waals surface area contributed by atoms with Gasteiger partial charge in [0.15, 0.2) is 11.5 Å². The third kappa shape index (κ3) is 3.58. The topological polar surface area (TPSA) is 77.1 Å². The number of hydrogen-bond acceptors (Lipinski definition) is 5. The zero-order valence-corrected chi connectivity index (χ0v) is 18.5. The highest BCUT2D eigenvalue weighted by Gasteiger charge is 2.20. The SMILES string of the molecule is Cc1nn(Cc2ccccc2Cl)c2sc(C(=O)N[C@@H](C)c3nnc4ccccn34)cc12. The van der Waals surface area contributed by atoms with E-state index in [2.05, 4.69) is 20.6 Å². The minimum absolute atomic E-state index is 0.148. The minimum atomic E-state index is -0.296. The van der Waals surface area contributed by atoms with Gasteiger partial charge in [0.05, 0.1) is 23.2 Å². The first-order valence-corrected chi connectivity index (χ1v) is 11.0. The Hall–Kier alpha value is -3.23. The maximum Gasteiger partial charge on any atom is 0.262 e. The number of amides is 1. The van der Waals surface area contributed by atoms with E-state index in [1.165, 1.54) is 11.3 Å². The van der Waals surface area contributed by atoms with Gasteiger partial charge in [-0.2, -0.15) is 5.10 Å². The predicted octanol–water partition coefficient (Wildman–Crippen LogP) is 4.64. The quantitative estimate of drug-likeness (QED) is 0.423. The summed E-state index contributed by atoms with van der Waals surface area (Å²) in [5.41, 5.74) is 2.62. The summed E-state index contributed by atoms with van der Waals surface area (Å²) in [6, 6.07) is 15.0. The molecule has 0 unspecified atom stereocenters. The first-order chi connectivity index (χ1) is 15.0. The first-order valence-electron chi connectivity index (χ1n) is 9.82. The van der Waals surface area contributed by atoms with Crippen LogP contribution in [0.2, 0.25) is 5.02 Å². The molecule has 1 amide bonds. The van der Waals surface area contributed by atoms with Gasteiger partial charge in [-0.3, -0.25) is 13.9 Å². The van der Waals surface area contributed by atoms with E-state index >= 15 is 0 Å². The van der Waals surface area contributed by atoms with Crippen LogP contribution in [0.25, 0.3) is 15.9 Å². The summed E-state index contributed by atoms with van der Waals surface area (Å²) in [6.45, 7) is 4.40. The van der Waals surface area contributed by atoms with Crippen molar-refractivity contribution < 1.29 is 4.79 Å². The van der Waals surface area contributed by atoms with E-state index in [-0.39, 0.29) is 11.9 Å². The number of carbonyl (C=O) groups is 1. The van der Waals surface area contributed by atoms with Crippen LogP contribution in [-0.2, 0) is 6.54 Å². The second-order valence-electron chi connectivity index (χ2n) is 7.35. The molecule has 9 heteroatoms. The van der Waals surface area contributed by atoms with Gasteiger partial charge in [-0.25, -0.2) is 0 Å². The minimum Gasteiger partial charge on any atom is -0.342 e. The molecule has 0 saturated carbocycles. The van der Waals surface area contributed by atoms with Gasteiger partial charge in [-0.1, -0.05) is 35.9 Å². The van der Waals surface area contributed by atoms with Crippen molar-refractivity contribution >= 4 is 44.7 Å². The van der Waals surface area contributed by atoms with Crippen molar-refractivity contribution in [2.24, 2.45) is 0 Å². The average Bonchev–Trinajstić information content (AvgIpc) is 3.45. The largest absolute Gasteiger partial charge is 0.342 e. The Balaban J connectivity index is 1.41. The number of nitrogens with zero attached hydrogens (tertiary/aromatic N) is 5. The molecule has 7 nitrogen and oxygen atoms in total. The lowest BCUT2D eigenvalue weighted by Crippen LogP contribution is -2.27. The zero-order chi connectivity index (χ0) is 21.5. The van der Waals surface area contributed by atoms with Gasteiger partial charge < -0.3 is 5.32 Å². The van der Waals surface area contributed by atoms with Gasteiger partial charge in [-0.05, 0) is 43.7 Å². The van der Waals surface area contributed by atoms with E-state index in [0.29, 0.717) is 22.3 Å². The van der Waals surface area contributed by atoms with Crippen molar-refractivity contribution in [3.8, 4) is 0 Å². The maximum atomic E-state index is 13.0. The number of rotatable bonds is 5. The Morgan fingerprint density at radius 2 is 2.00 bits per heavy atom. The fourth-order valence-electron chi connectivity index (χ4n) is 3.61. The van der Waals surface area contributed by atoms with E-state index in [0.717, 1.165) is 27.1 Å². The van der Waals surface area contributed by atoms with Crippen molar-refractivity contribution in [3.63, 3.8) is 0 Å². The number of benzene rings is 1. The number of aryl methyl sites for hydroxylation is 1. The summed E-state index contributed by atoms with van der Waals surface area (Å²) in [6.07, 6.45) is 1.89. The molecule has 0 radical (unpaired) electrons. The Morgan fingerprint density at radius 3 is 2.84 bits per heavy atom. The van der Waals surface area contributed by atoms with Crippen LogP contribution in [0, 0.1) is 6.92 Å². The monoisotopic (exact) mass is 450 g/mol. The number of halogens is 1. The second-order valence-corrected chi connectivity index (χ2v) is 8.78. The zero-order valence-electron chi connectivity index (χ0n) is 16.9. The summed E-state index contributed by atoms with van der Waals surface area (Å²) >= 11 is 7.74. The molecule has 1 N–H and O–H groups in total. The summed E-state index contributed by atoms with van der Waals surface area (Å²) < 4.78 is 3.78. The molecule has 0 aliphatic carbocycles. The van der Waals surface area contributed by atoms with Crippen LogP contribution < -0.4 is 5.32 Å². The van der Waals surface area contributed by atoms with E-state index in [9.17, 15) is 4.79 Å². The van der Waals surface area contributed by atoms with E-state index in [1.54, 1.807) is 0 Å². The highest BCUT2D eigenvalue weighted by molar-refractivity contribution is 7.20. The highest BCUT2D eigenvalue weighted by Crippen LogP contribution is 2.30. The van der Waals surface area contributed by atoms with Crippen LogP contribution in [0.1, 0.15) is 39.7 Å². The molecular weight excluding hydrogens is 432 g/mol. The Bertz CT molecular complexity index is 1420. The molecule has 31 heavy (non-hydrogen) atoms. The first kappa shape index (κ1) is 19.7. The average molecular weight is 451 g/mol. The van der Waals surface area contributed by atoms with Gasteiger partial charge in [0.1, 0.15) is 4.83 Å². The van der Waals surface area contributed by atoms with Crippen molar-refractivity contribution in [2.45, 2.75) is 26.4 Å². The fourth-order valence-corrected chi connectivity index (χ4v) is 4.87. The lowest BCUT2D eigenvalue weighted by atomic mass is 10.2. The summed E-state index contributed by atoms with van der Waals surface area (Å²) in [7, 11) is 0. The van der Waals surface area contributed by atoms with Crippen molar-refractivity contribution in [3.05, 3.63) is 81.7 Å². The number of aromatic nitrogens is 5. The fraction of sp³-hybridized carbons (Fsp3) is 0.182. The lowest BCUT2D eigenvalue weighted by Gasteiger charge is -2.11. The van der Waals surface area contributed by atoms with E-state index in [4.69, 9.17) is 11.6 Å². The molecule has 156 valence electrons. The number of carbonyl (C=O) groups excluding carboxylic acids is 1. The van der Waals surface area contributed by atoms with Gasteiger partial charge in [-0.15, -0.1) is 21.5 Å². The molecule has 0 aliphatic heterocycles. The summed E-state index contributed by atoms with van der Waals surface area (Å²) in [5, 5.41) is 17.7. The smallest absolute Gasteiger partial charge is 0.262 e. The Kier molecular flexibility index (Phi) is 4.95. The summed E-state index contributed by atoms with van der Waals surface area (Å²) in [5.74, 6) is 0.538. The molecular formula is C22H19ClN6OS. The van der Waals surface area contributed by atoms with Crippen LogP contribution in [0.15, 0.2) is 54.7 Å². The molecule has 0 spiro atoms. The highest BCUT2D eigenvalue weighted by atomic mass is 35.5. The second kappa shape index (κ2) is 7.79. The number of thiophene rings is 1. The normalized spacial score (nSPS) is 12.5. The third-order valence-corrected chi connectivity index (χ3v) is 6.70. The van der Waals surface area contributed by atoms with Crippen LogP contribution in [0.5, 0.6) is 0 Å². The number of pyridine rings is 1. The number of hydrogen-bond donors (Lipinski definition) is 1. The molecule has 0 bridgehead atoms. The molecule has 0 aliphatic rings.